The van der Waals surface area contributed by atoms with Crippen molar-refractivity contribution < 1.29 is 51.7 Å². The van der Waals surface area contributed by atoms with E-state index in [4.69, 9.17) is 55.9 Å². The predicted molar refractivity (Wildman–Crippen MR) is 164 cm³/mol. The summed E-state index contributed by atoms with van der Waals surface area (Å²) in [4.78, 5) is 36.9. The maximum Gasteiger partial charge on any atom is 0.508 e. The van der Waals surface area contributed by atoms with E-state index in [-0.39, 0.29) is 61.6 Å². The summed E-state index contributed by atoms with van der Waals surface area (Å²) in [6.07, 6.45) is 0. The molecule has 248 valence electrons. The van der Waals surface area contributed by atoms with Crippen LogP contribution in [-0.2, 0) is 34.5 Å². The maximum atomic E-state index is 14.2. The van der Waals surface area contributed by atoms with Crippen LogP contribution in [0.25, 0.3) is 0 Å². The largest absolute Gasteiger partial charge is 0.508 e. The van der Waals surface area contributed by atoms with Gasteiger partial charge in [0.15, 0.2) is 28.8 Å². The molecule has 14 nitrogen and oxygen atoms in total. The molecule has 1 aliphatic heterocycles. The van der Waals surface area contributed by atoms with E-state index in [9.17, 15) is 18.9 Å². The molecular weight excluding hydrogens is 656 g/mol. The first-order chi connectivity index (χ1) is 21.5. The summed E-state index contributed by atoms with van der Waals surface area (Å²) in [7, 11) is -1.49. The van der Waals surface area contributed by atoms with E-state index in [1.807, 2.05) is 0 Å². The van der Waals surface area contributed by atoms with Gasteiger partial charge in [0.1, 0.15) is 6.04 Å². The molecule has 0 aliphatic carbocycles. The number of piperazine rings is 1. The second kappa shape index (κ2) is 17.8. The highest BCUT2D eigenvalue weighted by atomic mass is 35.5. The van der Waals surface area contributed by atoms with Gasteiger partial charge in [0.25, 0.3) is 0 Å². The molecule has 0 amide bonds. The maximum absolute atomic E-state index is 14.2. The summed E-state index contributed by atoms with van der Waals surface area (Å²) in [5.74, 6) is -0.761. The van der Waals surface area contributed by atoms with Gasteiger partial charge in [-0.3, -0.25) is 18.9 Å². The third-order valence-corrected chi connectivity index (χ3v) is 7.78. The number of rotatable bonds is 17. The van der Waals surface area contributed by atoms with Crippen molar-refractivity contribution in [2.75, 3.05) is 58.7 Å². The van der Waals surface area contributed by atoms with Crippen LogP contribution >= 0.6 is 31.0 Å². The number of nitrogens with one attached hydrogen (secondary N) is 1. The van der Waals surface area contributed by atoms with E-state index in [1.54, 1.807) is 18.2 Å². The van der Waals surface area contributed by atoms with Crippen LogP contribution in [0.4, 0.5) is 0 Å². The summed E-state index contributed by atoms with van der Waals surface area (Å²) >= 11 is 11.8. The molecule has 1 saturated heterocycles. The highest BCUT2D eigenvalue weighted by molar-refractivity contribution is 7.48. The Balaban J connectivity index is 1.90. The van der Waals surface area contributed by atoms with E-state index in [2.05, 4.69) is 5.32 Å². The number of alkyl halides is 2. The number of carbonyl (C=O) groups is 3. The number of methoxy groups -OCH3 is 2. The fraction of sp³-hybridized carbons (Fsp3) is 0.464. The number of ether oxygens (including phenoxy) is 4. The molecule has 2 atom stereocenters. The van der Waals surface area contributed by atoms with E-state index in [0.717, 1.165) is 0 Å². The average Bonchev–Trinajstić information content (AvgIpc) is 3.00. The van der Waals surface area contributed by atoms with Crippen molar-refractivity contribution in [2.24, 2.45) is 0 Å². The molecular formula is C28H36Cl2N3O11P. The Hall–Kier alpha value is -2.78. The topological polar surface area (TPSA) is 151 Å². The lowest BCUT2D eigenvalue weighted by Crippen LogP contribution is -2.54. The van der Waals surface area contributed by atoms with Crippen LogP contribution in [0.15, 0.2) is 36.4 Å². The summed E-state index contributed by atoms with van der Waals surface area (Å²) in [5.41, 5.74) is 0.678. The second-order valence-corrected chi connectivity index (χ2v) is 11.7. The van der Waals surface area contributed by atoms with E-state index in [0.29, 0.717) is 23.6 Å². The number of Topliss-reactive ketones (excluding diaryl/α,β-unsaturated/α-hetero) is 1. The van der Waals surface area contributed by atoms with Gasteiger partial charge in [0, 0.05) is 63.9 Å². The van der Waals surface area contributed by atoms with Gasteiger partial charge < -0.3 is 24.3 Å². The number of ketones is 1. The Labute approximate surface area is 271 Å². The summed E-state index contributed by atoms with van der Waals surface area (Å²) in [6.45, 7) is 3.06. The number of hydrogen-bond acceptors (Lipinski definition) is 14. The van der Waals surface area contributed by atoms with Crippen molar-refractivity contribution in [1.29, 1.82) is 0 Å². The molecule has 3 rings (SSSR count). The van der Waals surface area contributed by atoms with Crippen LogP contribution < -0.4 is 24.3 Å². The van der Waals surface area contributed by atoms with Crippen LogP contribution in [0.2, 0.25) is 0 Å². The van der Waals surface area contributed by atoms with Crippen molar-refractivity contribution in [3.63, 3.8) is 0 Å². The lowest BCUT2D eigenvalue weighted by Gasteiger charge is -2.36. The number of benzene rings is 2. The number of esters is 2. The second-order valence-electron chi connectivity index (χ2n) is 9.45. The number of carbonyl (C=O) groups excluding carboxylic acids is 3. The lowest BCUT2D eigenvalue weighted by atomic mass is 10.0. The molecule has 0 bridgehead atoms. The average molecular weight is 692 g/mol. The van der Waals surface area contributed by atoms with Crippen LogP contribution in [-0.4, -0.2) is 92.6 Å². The van der Waals surface area contributed by atoms with Gasteiger partial charge >= 0.3 is 19.8 Å². The monoisotopic (exact) mass is 691 g/mol. The summed E-state index contributed by atoms with van der Waals surface area (Å²) in [5, 5.41) is 5.60. The van der Waals surface area contributed by atoms with Gasteiger partial charge in [0.05, 0.1) is 20.8 Å². The van der Waals surface area contributed by atoms with Gasteiger partial charge in [-0.25, -0.2) is 4.57 Å². The van der Waals surface area contributed by atoms with Crippen LogP contribution in [0.5, 0.6) is 23.0 Å². The number of phosphoric acid groups is 1. The zero-order chi connectivity index (χ0) is 33.0. The van der Waals surface area contributed by atoms with Crippen LogP contribution in [0, 0.1) is 0 Å². The fourth-order valence-corrected chi connectivity index (χ4v) is 5.88. The van der Waals surface area contributed by atoms with Crippen molar-refractivity contribution in [3.05, 3.63) is 47.5 Å². The molecule has 45 heavy (non-hydrogen) atoms. The zero-order valence-corrected chi connectivity index (χ0v) is 27.7. The van der Waals surface area contributed by atoms with E-state index >= 15 is 0 Å². The minimum absolute atomic E-state index is 0.0377. The Morgan fingerprint density at radius 3 is 2.20 bits per heavy atom. The molecule has 2 unspecified atom stereocenters. The number of hydroxylamine groups is 4. The van der Waals surface area contributed by atoms with E-state index in [1.165, 1.54) is 56.4 Å². The molecule has 17 heteroatoms. The lowest BCUT2D eigenvalue weighted by molar-refractivity contribution is -0.158. The van der Waals surface area contributed by atoms with Crippen molar-refractivity contribution >= 4 is 48.7 Å². The Kier molecular flexibility index (Phi) is 14.5. The predicted octanol–water partition coefficient (Wildman–Crippen LogP) is 3.98. The molecule has 1 fully saturated rings. The van der Waals surface area contributed by atoms with Crippen LogP contribution in [0.3, 0.4) is 0 Å². The molecule has 0 saturated carbocycles. The van der Waals surface area contributed by atoms with Crippen molar-refractivity contribution in [2.45, 2.75) is 26.5 Å². The molecule has 1 N–H and O–H groups in total. The highest BCUT2D eigenvalue weighted by Crippen LogP contribution is 2.52. The molecule has 0 radical (unpaired) electrons. The molecule has 2 aromatic rings. The smallest absolute Gasteiger partial charge is 0.493 e. The van der Waals surface area contributed by atoms with Crippen LogP contribution in [0.1, 0.15) is 29.8 Å². The quantitative estimate of drug-likeness (QED) is 0.0636. The molecule has 0 spiro atoms. The molecule has 2 aromatic carbocycles. The Morgan fingerprint density at radius 2 is 1.58 bits per heavy atom. The normalized spacial score (nSPS) is 16.6. The first-order valence-corrected chi connectivity index (χ1v) is 16.3. The SMILES string of the molecule is COc1ccc(COP(=O)(ON(CCCl)CCCl)ON2CCNCC2C(=O)c2ccc(OC(C)=O)c(OC(C)=O)c2)cc1OC. The first kappa shape index (κ1) is 36.7. The van der Waals surface area contributed by atoms with Gasteiger partial charge in [-0.05, 0) is 35.9 Å². The van der Waals surface area contributed by atoms with Gasteiger partial charge in [0.2, 0.25) is 0 Å². The summed E-state index contributed by atoms with van der Waals surface area (Å²) < 4.78 is 52.5. The number of halogens is 2. The van der Waals surface area contributed by atoms with Gasteiger partial charge in [-0.15, -0.1) is 23.2 Å². The summed E-state index contributed by atoms with van der Waals surface area (Å²) in [6, 6.07) is 8.02. The number of hydrogen-bond donors (Lipinski definition) is 1. The minimum atomic E-state index is -4.48. The van der Waals surface area contributed by atoms with Gasteiger partial charge in [-0.2, -0.15) is 19.4 Å². The van der Waals surface area contributed by atoms with Crippen molar-refractivity contribution in [3.8, 4) is 23.0 Å². The van der Waals surface area contributed by atoms with E-state index < -0.39 is 31.6 Å². The molecule has 0 aromatic heterocycles. The molecule has 1 heterocycles. The molecule has 1 aliphatic rings. The van der Waals surface area contributed by atoms with Crippen molar-refractivity contribution in [1.82, 2.24) is 15.4 Å². The Bertz CT molecular complexity index is 1380. The number of nitrogens with zero attached hydrogens (tertiary/aromatic N) is 2. The fourth-order valence-electron chi connectivity index (χ4n) is 4.17. The standard InChI is InChI=1S/C28H36Cl2N3O11P/c1-19(34)41-25-8-6-22(16-27(25)42-20(2)35)28(36)23-17-31-11-14-33(23)44-45(37,43-32(12-9-29)13-10-30)40-18-21-5-7-24(38-3)26(15-21)39-4/h5-8,15-16,23,31H,9-14,17-18H2,1-4H3. The third kappa shape index (κ3) is 10.9. The first-order valence-electron chi connectivity index (χ1n) is 13.8. The van der Waals surface area contributed by atoms with Gasteiger partial charge in [-0.1, -0.05) is 6.07 Å². The Morgan fingerprint density at radius 1 is 0.933 bits per heavy atom. The third-order valence-electron chi connectivity index (χ3n) is 6.16. The zero-order valence-electron chi connectivity index (χ0n) is 25.3. The minimum Gasteiger partial charge on any atom is -0.493 e. The highest BCUT2D eigenvalue weighted by Gasteiger charge is 2.40.